The quantitative estimate of drug-likeness (QED) is 0.274. The molecule has 5 aromatic rings. The van der Waals surface area contributed by atoms with Crippen LogP contribution in [0.4, 0.5) is 0 Å². The van der Waals surface area contributed by atoms with Gasteiger partial charge in [-0.25, -0.2) is 13.1 Å². The van der Waals surface area contributed by atoms with E-state index in [1.807, 2.05) is 42.5 Å². The van der Waals surface area contributed by atoms with Gasteiger partial charge in [-0.3, -0.25) is 9.36 Å². The predicted octanol–water partition coefficient (Wildman–Crippen LogP) is 5.59. The van der Waals surface area contributed by atoms with Gasteiger partial charge in [-0.05, 0) is 40.8 Å². The van der Waals surface area contributed by atoms with Gasteiger partial charge in [-0.15, -0.1) is 0 Å². The summed E-state index contributed by atoms with van der Waals surface area (Å²) in [5.74, 6) is 0.519. The van der Waals surface area contributed by atoms with E-state index < -0.39 is 10.0 Å². The molecular formula is C27H25ClN4O4S2. The van der Waals surface area contributed by atoms with E-state index in [4.69, 9.17) is 16.1 Å². The molecular weight excluding hydrogens is 544 g/mol. The first-order valence-corrected chi connectivity index (χ1v) is 14.5. The van der Waals surface area contributed by atoms with Gasteiger partial charge in [0, 0.05) is 10.6 Å². The summed E-state index contributed by atoms with van der Waals surface area (Å²) in [6, 6.07) is 19.7. The fourth-order valence-corrected chi connectivity index (χ4v) is 6.16. The summed E-state index contributed by atoms with van der Waals surface area (Å²) >= 11 is 7.24. The van der Waals surface area contributed by atoms with Crippen molar-refractivity contribution in [2.75, 3.05) is 0 Å². The van der Waals surface area contributed by atoms with Gasteiger partial charge in [0.2, 0.25) is 21.7 Å². The molecule has 11 heteroatoms. The van der Waals surface area contributed by atoms with Crippen LogP contribution in [0.25, 0.3) is 21.6 Å². The maximum absolute atomic E-state index is 13.0. The van der Waals surface area contributed by atoms with Crippen molar-refractivity contribution in [2.45, 2.75) is 44.2 Å². The van der Waals surface area contributed by atoms with Crippen molar-refractivity contribution in [2.24, 2.45) is 0 Å². The zero-order valence-corrected chi connectivity index (χ0v) is 23.3. The van der Waals surface area contributed by atoms with Crippen LogP contribution in [0.2, 0.25) is 5.02 Å². The van der Waals surface area contributed by atoms with Gasteiger partial charge < -0.3 is 4.52 Å². The zero-order valence-electron chi connectivity index (χ0n) is 20.9. The molecule has 0 saturated carbocycles. The SMILES string of the molecule is CC(C)(C)c1ccc(-c2noc(CNS(=O)(=O)c3ccc4c(c3)sc(=O)n4Cc3ccccc3Cl)n2)cc1. The van der Waals surface area contributed by atoms with Gasteiger partial charge in [-0.2, -0.15) is 4.98 Å². The molecule has 0 bridgehead atoms. The minimum absolute atomic E-state index is 0.0243. The second kappa shape index (κ2) is 10.1. The molecule has 0 amide bonds. The molecule has 196 valence electrons. The van der Waals surface area contributed by atoms with Gasteiger partial charge in [0.05, 0.1) is 28.2 Å². The Kier molecular flexibility index (Phi) is 6.99. The number of thiazole rings is 1. The number of aromatic nitrogens is 3. The molecule has 0 fully saturated rings. The van der Waals surface area contributed by atoms with Crippen LogP contribution in [0.3, 0.4) is 0 Å². The van der Waals surface area contributed by atoms with Gasteiger partial charge in [0.15, 0.2) is 0 Å². The molecule has 8 nitrogen and oxygen atoms in total. The second-order valence-corrected chi connectivity index (χ2v) is 13.0. The summed E-state index contributed by atoms with van der Waals surface area (Å²) in [4.78, 5) is 16.8. The van der Waals surface area contributed by atoms with Crippen LogP contribution >= 0.6 is 22.9 Å². The highest BCUT2D eigenvalue weighted by Crippen LogP contribution is 2.26. The number of hydrogen-bond donors (Lipinski definition) is 1. The highest BCUT2D eigenvalue weighted by Gasteiger charge is 2.19. The van der Waals surface area contributed by atoms with E-state index in [1.54, 1.807) is 16.7 Å². The number of nitrogens with zero attached hydrogens (tertiary/aromatic N) is 3. The van der Waals surface area contributed by atoms with E-state index in [0.29, 0.717) is 27.6 Å². The molecule has 0 radical (unpaired) electrons. The van der Waals surface area contributed by atoms with Crippen LogP contribution in [-0.2, 0) is 28.5 Å². The van der Waals surface area contributed by atoms with Crippen molar-refractivity contribution in [3.8, 4) is 11.4 Å². The molecule has 2 aromatic heterocycles. The van der Waals surface area contributed by atoms with Crippen molar-refractivity contribution in [3.05, 3.63) is 98.4 Å². The Hall–Kier alpha value is -3.31. The molecule has 0 aliphatic rings. The van der Waals surface area contributed by atoms with Crippen LogP contribution < -0.4 is 9.60 Å². The maximum atomic E-state index is 13.0. The molecule has 0 aliphatic heterocycles. The summed E-state index contributed by atoms with van der Waals surface area (Å²) < 4.78 is 35.9. The molecule has 38 heavy (non-hydrogen) atoms. The average Bonchev–Trinajstić information content (AvgIpc) is 3.48. The third kappa shape index (κ3) is 5.44. The van der Waals surface area contributed by atoms with Crippen molar-refractivity contribution in [1.82, 2.24) is 19.4 Å². The summed E-state index contributed by atoms with van der Waals surface area (Å²) in [5, 5.41) is 4.54. The Labute approximate surface area is 229 Å². The Morgan fingerprint density at radius 3 is 2.50 bits per heavy atom. The molecule has 3 aromatic carbocycles. The zero-order chi connectivity index (χ0) is 27.1. The van der Waals surface area contributed by atoms with E-state index in [2.05, 4.69) is 35.6 Å². The van der Waals surface area contributed by atoms with E-state index in [1.165, 1.54) is 17.7 Å². The van der Waals surface area contributed by atoms with Crippen LogP contribution in [0.15, 0.2) is 80.9 Å². The number of halogens is 1. The third-order valence-electron chi connectivity index (χ3n) is 6.13. The van der Waals surface area contributed by atoms with E-state index in [9.17, 15) is 13.2 Å². The molecule has 5 rings (SSSR count). The monoisotopic (exact) mass is 568 g/mol. The maximum Gasteiger partial charge on any atom is 0.308 e. The highest BCUT2D eigenvalue weighted by molar-refractivity contribution is 7.89. The van der Waals surface area contributed by atoms with Crippen molar-refractivity contribution >= 4 is 43.2 Å². The fourth-order valence-electron chi connectivity index (χ4n) is 3.96. The van der Waals surface area contributed by atoms with Gasteiger partial charge in [0.1, 0.15) is 0 Å². The topological polar surface area (TPSA) is 107 Å². The lowest BCUT2D eigenvalue weighted by atomic mass is 9.87. The van der Waals surface area contributed by atoms with Gasteiger partial charge >= 0.3 is 4.87 Å². The lowest BCUT2D eigenvalue weighted by Gasteiger charge is -2.18. The van der Waals surface area contributed by atoms with Crippen molar-refractivity contribution in [1.29, 1.82) is 0 Å². The Balaban J connectivity index is 1.31. The molecule has 1 N–H and O–H groups in total. The van der Waals surface area contributed by atoms with Gasteiger partial charge in [0.25, 0.3) is 0 Å². The molecule has 0 aliphatic carbocycles. The molecule has 0 saturated heterocycles. The number of rotatable bonds is 7. The van der Waals surface area contributed by atoms with Gasteiger partial charge in [-0.1, -0.05) is 91.3 Å². The summed E-state index contributed by atoms with van der Waals surface area (Å²) in [5.41, 5.74) is 3.42. The van der Waals surface area contributed by atoms with Crippen LogP contribution in [0.1, 0.15) is 37.8 Å². The van der Waals surface area contributed by atoms with Crippen molar-refractivity contribution in [3.63, 3.8) is 0 Å². The Morgan fingerprint density at radius 2 is 1.79 bits per heavy atom. The number of benzene rings is 3. The van der Waals surface area contributed by atoms with E-state index in [-0.39, 0.29) is 27.6 Å². The fraction of sp³-hybridized carbons (Fsp3) is 0.222. The van der Waals surface area contributed by atoms with Crippen LogP contribution in [0, 0.1) is 0 Å². The van der Waals surface area contributed by atoms with E-state index >= 15 is 0 Å². The minimum Gasteiger partial charge on any atom is -0.338 e. The van der Waals surface area contributed by atoms with E-state index in [0.717, 1.165) is 22.5 Å². The largest absolute Gasteiger partial charge is 0.338 e. The normalized spacial score (nSPS) is 12.3. The first-order valence-electron chi connectivity index (χ1n) is 11.8. The summed E-state index contributed by atoms with van der Waals surface area (Å²) in [7, 11) is -3.90. The summed E-state index contributed by atoms with van der Waals surface area (Å²) in [6.07, 6.45) is 0. The first-order chi connectivity index (χ1) is 18.0. The number of fused-ring (bicyclic) bond motifs is 1. The predicted molar refractivity (Wildman–Crippen MR) is 149 cm³/mol. The lowest BCUT2D eigenvalue weighted by molar-refractivity contribution is 0.376. The number of nitrogens with one attached hydrogen (secondary N) is 1. The lowest BCUT2D eigenvalue weighted by Crippen LogP contribution is -2.23. The number of hydrogen-bond acceptors (Lipinski definition) is 7. The smallest absolute Gasteiger partial charge is 0.308 e. The van der Waals surface area contributed by atoms with Crippen molar-refractivity contribution < 1.29 is 12.9 Å². The van der Waals surface area contributed by atoms with Crippen LogP contribution in [-0.4, -0.2) is 23.1 Å². The first kappa shape index (κ1) is 26.3. The van der Waals surface area contributed by atoms with Crippen LogP contribution in [0.5, 0.6) is 0 Å². The third-order valence-corrected chi connectivity index (χ3v) is 8.84. The minimum atomic E-state index is -3.90. The average molecular weight is 569 g/mol. The molecule has 0 atom stereocenters. The number of sulfonamides is 1. The highest BCUT2D eigenvalue weighted by atomic mass is 35.5. The Morgan fingerprint density at radius 1 is 1.05 bits per heavy atom. The molecule has 0 unspecified atom stereocenters. The summed E-state index contributed by atoms with van der Waals surface area (Å²) in [6.45, 7) is 6.52. The standard InChI is InChI=1S/C27H25ClN4O4S2/c1-27(2,3)19-10-8-17(9-11-19)25-30-24(36-31-25)15-29-38(34,35)20-12-13-22-23(14-20)37-26(33)32(22)16-18-6-4-5-7-21(18)28/h4-14,29H,15-16H2,1-3H3. The second-order valence-electron chi connectivity index (χ2n) is 9.84. The molecule has 2 heterocycles. The Bertz CT molecular complexity index is 1780. The molecule has 0 spiro atoms.